The van der Waals surface area contributed by atoms with Crippen molar-refractivity contribution in [2.45, 2.75) is 97.0 Å². The summed E-state index contributed by atoms with van der Waals surface area (Å²) in [6.45, 7) is 5.83. The van der Waals surface area contributed by atoms with Crippen molar-refractivity contribution in [3.8, 4) is 0 Å². The van der Waals surface area contributed by atoms with Gasteiger partial charge in [-0.05, 0) is 105 Å². The molecule has 1 nitrogen and oxygen atoms in total. The van der Waals surface area contributed by atoms with Gasteiger partial charge in [0.05, 0.1) is 13.2 Å². The second kappa shape index (κ2) is 13.2. The zero-order valence-electron chi connectivity index (χ0n) is 19.5. The first-order valence-corrected chi connectivity index (χ1v) is 12.8. The summed E-state index contributed by atoms with van der Waals surface area (Å²) in [6.07, 6.45) is 24.2. The molecule has 30 heavy (non-hydrogen) atoms. The van der Waals surface area contributed by atoms with Crippen LogP contribution in [0.1, 0.15) is 102 Å². The molecule has 0 radical (unpaired) electrons. The van der Waals surface area contributed by atoms with E-state index in [1.165, 1.54) is 69.8 Å². The predicted molar refractivity (Wildman–Crippen MR) is 130 cm³/mol. The first-order valence-electron chi connectivity index (χ1n) is 12.8. The van der Waals surface area contributed by atoms with E-state index in [-0.39, 0.29) is 0 Å². The molecule has 0 aromatic heterocycles. The maximum Gasteiger partial charge on any atom is 0.0721 e. The van der Waals surface area contributed by atoms with Crippen LogP contribution in [0.5, 0.6) is 0 Å². The minimum Gasteiger partial charge on any atom is -0.373 e. The molecule has 2 saturated carbocycles. The molecule has 1 aromatic carbocycles. The molecular formula is C29H44O. The van der Waals surface area contributed by atoms with Gasteiger partial charge in [0.25, 0.3) is 0 Å². The average Bonchev–Trinajstić information content (AvgIpc) is 2.80. The van der Waals surface area contributed by atoms with E-state index in [9.17, 15) is 0 Å². The Kier molecular flexibility index (Phi) is 10.2. The third kappa shape index (κ3) is 7.41. The molecule has 0 heterocycles. The Morgan fingerprint density at radius 1 is 0.733 bits per heavy atom. The standard InChI is InChI=1S/C29H44O/c1-3-5-7-9-24-10-14-26(15-11-24)28-18-20-29(21-19-28)27-16-12-25(13-17-27)23-30-22-8-6-4-2/h5-8,12-13,16-17,24,26,28-29H,3-4,9-11,14-15,18-23H2,1-2H3. The molecule has 0 saturated heterocycles. The monoisotopic (exact) mass is 408 g/mol. The first-order chi connectivity index (χ1) is 14.8. The van der Waals surface area contributed by atoms with Crippen LogP contribution in [-0.4, -0.2) is 6.61 Å². The fraction of sp³-hybridized carbons (Fsp3) is 0.655. The van der Waals surface area contributed by atoms with E-state index in [1.807, 2.05) is 0 Å². The van der Waals surface area contributed by atoms with Gasteiger partial charge in [0.15, 0.2) is 0 Å². The molecule has 166 valence electrons. The maximum absolute atomic E-state index is 5.73. The Morgan fingerprint density at radius 2 is 1.33 bits per heavy atom. The van der Waals surface area contributed by atoms with E-state index in [2.05, 4.69) is 62.4 Å². The smallest absolute Gasteiger partial charge is 0.0721 e. The van der Waals surface area contributed by atoms with Gasteiger partial charge in [-0.2, -0.15) is 0 Å². The van der Waals surface area contributed by atoms with E-state index < -0.39 is 0 Å². The van der Waals surface area contributed by atoms with Crippen LogP contribution in [0.4, 0.5) is 0 Å². The van der Waals surface area contributed by atoms with Gasteiger partial charge in [-0.15, -0.1) is 0 Å². The molecule has 0 bridgehead atoms. The Bertz CT molecular complexity index is 625. The lowest BCUT2D eigenvalue weighted by molar-refractivity contribution is 0.148. The van der Waals surface area contributed by atoms with Gasteiger partial charge >= 0.3 is 0 Å². The van der Waals surface area contributed by atoms with Crippen molar-refractivity contribution in [3.63, 3.8) is 0 Å². The highest BCUT2D eigenvalue weighted by molar-refractivity contribution is 5.25. The van der Waals surface area contributed by atoms with Crippen molar-refractivity contribution in [3.05, 3.63) is 59.7 Å². The summed E-state index contributed by atoms with van der Waals surface area (Å²) in [4.78, 5) is 0. The van der Waals surface area contributed by atoms with Crippen LogP contribution in [0.15, 0.2) is 48.6 Å². The second-order valence-corrected chi connectivity index (χ2v) is 9.64. The maximum atomic E-state index is 5.73. The molecule has 2 fully saturated rings. The average molecular weight is 409 g/mol. The molecule has 3 rings (SSSR count). The summed E-state index contributed by atoms with van der Waals surface area (Å²) in [7, 11) is 0. The van der Waals surface area contributed by atoms with Crippen LogP contribution in [0.2, 0.25) is 0 Å². The molecule has 2 aliphatic carbocycles. The minimum absolute atomic E-state index is 0.719. The van der Waals surface area contributed by atoms with E-state index in [0.29, 0.717) is 0 Å². The summed E-state index contributed by atoms with van der Waals surface area (Å²) in [5.74, 6) is 3.75. The van der Waals surface area contributed by atoms with E-state index in [0.717, 1.165) is 43.3 Å². The molecule has 1 heteroatoms. The summed E-state index contributed by atoms with van der Waals surface area (Å²) >= 11 is 0. The fourth-order valence-corrected chi connectivity index (χ4v) is 5.64. The van der Waals surface area contributed by atoms with E-state index in [4.69, 9.17) is 4.74 Å². The quantitative estimate of drug-likeness (QED) is 0.278. The molecule has 0 atom stereocenters. The Labute approximate surface area is 186 Å². The van der Waals surface area contributed by atoms with Crippen LogP contribution >= 0.6 is 0 Å². The zero-order chi connectivity index (χ0) is 21.0. The number of ether oxygens (including phenoxy) is 1. The number of hydrogen-bond donors (Lipinski definition) is 0. The van der Waals surface area contributed by atoms with Gasteiger partial charge in [-0.1, -0.05) is 62.4 Å². The molecule has 1 aromatic rings. The molecule has 0 N–H and O–H groups in total. The SMILES string of the molecule is CCC=CCOCc1ccc(C2CCC(C3CCC(CC=CCC)CC3)CC2)cc1. The molecule has 0 amide bonds. The number of rotatable bonds is 10. The second-order valence-electron chi connectivity index (χ2n) is 9.64. The third-order valence-corrected chi connectivity index (χ3v) is 7.54. The highest BCUT2D eigenvalue weighted by Crippen LogP contribution is 2.44. The summed E-state index contributed by atoms with van der Waals surface area (Å²) in [5.41, 5.74) is 2.84. The topological polar surface area (TPSA) is 9.23 Å². The third-order valence-electron chi connectivity index (χ3n) is 7.54. The highest BCUT2D eigenvalue weighted by atomic mass is 16.5. The summed E-state index contributed by atoms with van der Waals surface area (Å²) < 4.78 is 5.73. The largest absolute Gasteiger partial charge is 0.373 e. The normalized spacial score (nSPS) is 27.8. The summed E-state index contributed by atoms with van der Waals surface area (Å²) in [5, 5.41) is 0. The highest BCUT2D eigenvalue weighted by Gasteiger charge is 2.30. The Balaban J connectivity index is 1.37. The van der Waals surface area contributed by atoms with Crippen molar-refractivity contribution >= 4 is 0 Å². The van der Waals surface area contributed by atoms with Crippen molar-refractivity contribution in [2.75, 3.05) is 6.61 Å². The van der Waals surface area contributed by atoms with Gasteiger partial charge in [-0.25, -0.2) is 0 Å². The van der Waals surface area contributed by atoms with Crippen molar-refractivity contribution in [2.24, 2.45) is 17.8 Å². The molecular weight excluding hydrogens is 364 g/mol. The van der Waals surface area contributed by atoms with E-state index >= 15 is 0 Å². The molecule has 0 aliphatic heterocycles. The lowest BCUT2D eigenvalue weighted by Gasteiger charge is -2.38. The van der Waals surface area contributed by atoms with Gasteiger partial charge in [0, 0.05) is 0 Å². The van der Waals surface area contributed by atoms with Gasteiger partial charge < -0.3 is 4.74 Å². The molecule has 0 spiro atoms. The van der Waals surface area contributed by atoms with Gasteiger partial charge in [0.1, 0.15) is 0 Å². The molecule has 0 unspecified atom stereocenters. The van der Waals surface area contributed by atoms with Crippen LogP contribution in [0, 0.1) is 17.8 Å². The van der Waals surface area contributed by atoms with Crippen LogP contribution < -0.4 is 0 Å². The number of hydrogen-bond acceptors (Lipinski definition) is 1. The van der Waals surface area contributed by atoms with Crippen LogP contribution in [0.3, 0.4) is 0 Å². The molecule has 2 aliphatic rings. The van der Waals surface area contributed by atoms with E-state index in [1.54, 1.807) is 5.56 Å². The fourth-order valence-electron chi connectivity index (χ4n) is 5.64. The summed E-state index contributed by atoms with van der Waals surface area (Å²) in [6, 6.07) is 9.28. The zero-order valence-corrected chi connectivity index (χ0v) is 19.5. The Hall–Kier alpha value is -1.34. The van der Waals surface area contributed by atoms with Crippen LogP contribution in [-0.2, 0) is 11.3 Å². The minimum atomic E-state index is 0.719. The lowest BCUT2D eigenvalue weighted by atomic mass is 9.68. The number of benzene rings is 1. The predicted octanol–water partition coefficient (Wildman–Crippen LogP) is 8.61. The first kappa shape index (κ1) is 23.3. The van der Waals surface area contributed by atoms with Crippen LogP contribution in [0.25, 0.3) is 0 Å². The Morgan fingerprint density at radius 3 is 1.97 bits per heavy atom. The van der Waals surface area contributed by atoms with Gasteiger partial charge in [0.2, 0.25) is 0 Å². The van der Waals surface area contributed by atoms with Crippen molar-refractivity contribution < 1.29 is 4.74 Å². The number of allylic oxidation sites excluding steroid dienone is 3. The van der Waals surface area contributed by atoms with Crippen molar-refractivity contribution in [1.82, 2.24) is 0 Å². The van der Waals surface area contributed by atoms with Gasteiger partial charge in [-0.3, -0.25) is 0 Å². The lowest BCUT2D eigenvalue weighted by Crippen LogP contribution is -2.25. The van der Waals surface area contributed by atoms with Crippen molar-refractivity contribution in [1.29, 1.82) is 0 Å².